The summed E-state index contributed by atoms with van der Waals surface area (Å²) in [6.45, 7) is 5.29. The number of aliphatic hydroxyl groups is 1. The lowest BCUT2D eigenvalue weighted by Gasteiger charge is -2.19. The Hall–Kier alpha value is -2.41. The number of nitrogens with zero attached hydrogens (tertiary/aromatic N) is 2. The lowest BCUT2D eigenvalue weighted by Crippen LogP contribution is -2.22. The summed E-state index contributed by atoms with van der Waals surface area (Å²) in [5, 5.41) is 12.6. The highest BCUT2D eigenvalue weighted by Gasteiger charge is 2.17. The van der Waals surface area contributed by atoms with Crippen molar-refractivity contribution in [3.63, 3.8) is 0 Å². The molecule has 1 aromatic heterocycles. The van der Waals surface area contributed by atoms with Crippen molar-refractivity contribution in [2.75, 3.05) is 5.32 Å². The fourth-order valence-electron chi connectivity index (χ4n) is 1.89. The van der Waals surface area contributed by atoms with Crippen LogP contribution in [-0.4, -0.2) is 26.6 Å². The number of rotatable bonds is 3. The number of halogens is 2. The number of hydrogen-bond acceptors (Lipinski definition) is 6. The summed E-state index contributed by atoms with van der Waals surface area (Å²) < 4.78 is 18.8. The first-order valence-corrected chi connectivity index (χ1v) is 7.50. The fourth-order valence-corrected chi connectivity index (χ4v) is 2.02. The largest absolute Gasteiger partial charge is 0.510 e. The van der Waals surface area contributed by atoms with Gasteiger partial charge in [0.05, 0.1) is 11.9 Å². The van der Waals surface area contributed by atoms with E-state index < -0.39 is 17.4 Å². The lowest BCUT2D eigenvalue weighted by molar-refractivity contribution is -0.148. The Labute approximate surface area is 143 Å². The van der Waals surface area contributed by atoms with E-state index in [1.54, 1.807) is 26.8 Å². The first-order chi connectivity index (χ1) is 11.1. The van der Waals surface area contributed by atoms with Crippen molar-refractivity contribution in [1.29, 1.82) is 0 Å². The Balaban J connectivity index is 2.10. The second kappa shape index (κ2) is 7.00. The summed E-state index contributed by atoms with van der Waals surface area (Å²) in [5.41, 5.74) is 0.222. The molecular formula is C16H17ClFN3O3. The number of allylic oxidation sites excluding steroid dienone is 3. The average Bonchev–Trinajstić information content (AvgIpc) is 2.43. The molecule has 2 N–H and O–H groups in total. The summed E-state index contributed by atoms with van der Waals surface area (Å²) in [7, 11) is 0. The Morgan fingerprint density at radius 1 is 1.46 bits per heavy atom. The monoisotopic (exact) mass is 353 g/mol. The van der Waals surface area contributed by atoms with Crippen molar-refractivity contribution >= 4 is 23.4 Å². The molecule has 0 fully saturated rings. The molecule has 0 bridgehead atoms. The van der Waals surface area contributed by atoms with E-state index in [0.717, 1.165) is 6.20 Å². The van der Waals surface area contributed by atoms with Crippen LogP contribution in [0.1, 0.15) is 27.2 Å². The Kier molecular flexibility index (Phi) is 5.23. The summed E-state index contributed by atoms with van der Waals surface area (Å²) in [6, 6.07) is 0. The van der Waals surface area contributed by atoms with E-state index in [0.29, 0.717) is 5.57 Å². The Morgan fingerprint density at radius 2 is 2.17 bits per heavy atom. The maximum Gasteiger partial charge on any atom is 0.331 e. The zero-order chi connectivity index (χ0) is 17.9. The number of carbonyl (C=O) groups is 1. The van der Waals surface area contributed by atoms with Crippen LogP contribution in [0.15, 0.2) is 41.5 Å². The van der Waals surface area contributed by atoms with Crippen LogP contribution in [0.25, 0.3) is 0 Å². The van der Waals surface area contributed by atoms with Crippen LogP contribution >= 0.6 is 11.6 Å². The summed E-state index contributed by atoms with van der Waals surface area (Å²) in [6.07, 6.45) is 5.45. The molecule has 2 rings (SSSR count). The number of carbonyl (C=O) groups excluding carboxylic acids is 1. The average molecular weight is 354 g/mol. The van der Waals surface area contributed by atoms with Crippen molar-refractivity contribution in [3.05, 3.63) is 52.6 Å². The van der Waals surface area contributed by atoms with Crippen LogP contribution in [0, 0.1) is 5.82 Å². The number of esters is 1. The fraction of sp³-hybridized carbons (Fsp3) is 0.312. The van der Waals surface area contributed by atoms with Gasteiger partial charge in [-0.15, -0.1) is 0 Å². The third kappa shape index (κ3) is 5.06. The number of ether oxygens (including phenoxy) is 1. The molecule has 24 heavy (non-hydrogen) atoms. The van der Waals surface area contributed by atoms with Crippen LogP contribution in [0.2, 0.25) is 5.28 Å². The van der Waals surface area contributed by atoms with Gasteiger partial charge in [0.25, 0.3) is 0 Å². The van der Waals surface area contributed by atoms with Crippen molar-refractivity contribution in [3.8, 4) is 0 Å². The maximum absolute atomic E-state index is 13.6. The van der Waals surface area contributed by atoms with Gasteiger partial charge < -0.3 is 15.2 Å². The molecule has 0 spiro atoms. The molecule has 128 valence electrons. The number of hydrogen-bond donors (Lipinski definition) is 2. The zero-order valence-electron chi connectivity index (χ0n) is 13.4. The zero-order valence-corrected chi connectivity index (χ0v) is 14.2. The molecule has 0 atom stereocenters. The van der Waals surface area contributed by atoms with E-state index in [9.17, 15) is 14.3 Å². The number of aliphatic hydroxyl groups excluding tert-OH is 1. The van der Waals surface area contributed by atoms with Crippen molar-refractivity contribution in [2.24, 2.45) is 0 Å². The van der Waals surface area contributed by atoms with Gasteiger partial charge in [-0.1, -0.05) is 6.08 Å². The molecular weight excluding hydrogens is 337 g/mol. The highest BCUT2D eigenvalue weighted by molar-refractivity contribution is 6.28. The third-order valence-electron chi connectivity index (χ3n) is 2.82. The molecule has 1 aliphatic rings. The molecule has 0 aromatic carbocycles. The van der Waals surface area contributed by atoms with Crippen molar-refractivity contribution in [2.45, 2.75) is 32.8 Å². The molecule has 6 nitrogen and oxygen atoms in total. The van der Waals surface area contributed by atoms with Gasteiger partial charge in [0.15, 0.2) is 11.6 Å². The van der Waals surface area contributed by atoms with E-state index in [1.807, 2.05) is 0 Å². The van der Waals surface area contributed by atoms with Gasteiger partial charge in [0.2, 0.25) is 5.28 Å². The van der Waals surface area contributed by atoms with E-state index in [-0.39, 0.29) is 29.0 Å². The molecule has 0 saturated carbocycles. The van der Waals surface area contributed by atoms with Gasteiger partial charge in [0.1, 0.15) is 11.4 Å². The minimum atomic E-state index is -0.705. The molecule has 1 aliphatic carbocycles. The van der Waals surface area contributed by atoms with Crippen molar-refractivity contribution < 1.29 is 19.0 Å². The van der Waals surface area contributed by atoms with Crippen LogP contribution in [-0.2, 0) is 9.53 Å². The van der Waals surface area contributed by atoms with E-state index in [2.05, 4.69) is 15.3 Å². The van der Waals surface area contributed by atoms with Gasteiger partial charge in [-0.3, -0.25) is 0 Å². The predicted octanol–water partition coefficient (Wildman–Crippen LogP) is 3.68. The van der Waals surface area contributed by atoms with E-state index >= 15 is 0 Å². The maximum atomic E-state index is 13.6. The molecule has 8 heteroatoms. The van der Waals surface area contributed by atoms with Crippen LogP contribution in [0.3, 0.4) is 0 Å². The standard InChI is InChI=1S/C16H17ClFN3O3/c1-16(2,3)24-13(23)7-9-4-5-11(12(22)6-9)20-14-10(18)8-19-15(17)21-14/h4-5,7-8,22H,6H2,1-3H3,(H,19,20,21). The molecule has 0 amide bonds. The predicted molar refractivity (Wildman–Crippen MR) is 88.0 cm³/mol. The third-order valence-corrected chi connectivity index (χ3v) is 3.01. The Bertz CT molecular complexity index is 751. The molecule has 1 aromatic rings. The number of anilines is 1. The van der Waals surface area contributed by atoms with Crippen LogP contribution < -0.4 is 5.32 Å². The molecule has 0 unspecified atom stereocenters. The Morgan fingerprint density at radius 3 is 2.79 bits per heavy atom. The topological polar surface area (TPSA) is 84.3 Å². The van der Waals surface area contributed by atoms with E-state index in [4.69, 9.17) is 16.3 Å². The highest BCUT2D eigenvalue weighted by Crippen LogP contribution is 2.24. The quantitative estimate of drug-likeness (QED) is 0.490. The first-order valence-electron chi connectivity index (χ1n) is 7.13. The minimum Gasteiger partial charge on any atom is -0.510 e. The normalized spacial score (nSPS) is 16.5. The summed E-state index contributed by atoms with van der Waals surface area (Å²) >= 11 is 5.62. The molecule has 1 heterocycles. The van der Waals surface area contributed by atoms with Gasteiger partial charge >= 0.3 is 5.97 Å². The van der Waals surface area contributed by atoms with Gasteiger partial charge in [-0.2, -0.15) is 4.98 Å². The van der Waals surface area contributed by atoms with Gasteiger partial charge in [-0.05, 0) is 44.0 Å². The van der Waals surface area contributed by atoms with E-state index in [1.165, 1.54) is 12.2 Å². The van der Waals surface area contributed by atoms with Gasteiger partial charge in [0, 0.05) is 12.5 Å². The van der Waals surface area contributed by atoms with Gasteiger partial charge in [-0.25, -0.2) is 14.2 Å². The second-order valence-electron chi connectivity index (χ2n) is 6.08. The summed E-state index contributed by atoms with van der Waals surface area (Å²) in [5.74, 6) is -1.43. The lowest BCUT2D eigenvalue weighted by atomic mass is 10.0. The SMILES string of the molecule is CC(C)(C)OC(=O)C=C1C=CC(Nc2nc(Cl)ncc2F)=C(O)C1. The van der Waals surface area contributed by atoms with Crippen LogP contribution in [0.5, 0.6) is 0 Å². The van der Waals surface area contributed by atoms with Crippen molar-refractivity contribution in [1.82, 2.24) is 9.97 Å². The summed E-state index contributed by atoms with van der Waals surface area (Å²) in [4.78, 5) is 19.0. The van der Waals surface area contributed by atoms with Crippen LogP contribution in [0.4, 0.5) is 10.2 Å². The molecule has 0 radical (unpaired) electrons. The molecule has 0 aliphatic heterocycles. The smallest absolute Gasteiger partial charge is 0.331 e. The molecule has 0 saturated heterocycles. The number of nitrogens with one attached hydrogen (secondary N) is 1. The first kappa shape index (κ1) is 17.9. The highest BCUT2D eigenvalue weighted by atomic mass is 35.5. The number of aromatic nitrogens is 2. The second-order valence-corrected chi connectivity index (χ2v) is 6.42. The minimum absolute atomic E-state index is 0.0681.